The van der Waals surface area contributed by atoms with Crippen LogP contribution in [-0.4, -0.2) is 181 Å². The summed E-state index contributed by atoms with van der Waals surface area (Å²) in [6.45, 7) is 0.151. The summed E-state index contributed by atoms with van der Waals surface area (Å²) in [6.07, 6.45) is 9.95. The van der Waals surface area contributed by atoms with Crippen molar-refractivity contribution in [2.75, 3.05) is 51.6 Å². The number of fused-ring (bicyclic) bond motifs is 4. The first kappa shape index (κ1) is 81.9. The molecule has 2 fully saturated rings. The second kappa shape index (κ2) is 38.8. The summed E-state index contributed by atoms with van der Waals surface area (Å²) in [5, 5.41) is 36.1. The number of nitrogens with one attached hydrogen (secondary N) is 6. The number of carbonyl (C=O) groups is 14. The molecule has 0 spiro atoms. The first-order valence-corrected chi connectivity index (χ1v) is 37.1. The molecule has 0 saturated carbocycles. The number of esters is 2. The molecule has 6 aromatic carbocycles. The maximum Gasteiger partial charge on any atom is 0.506 e. The van der Waals surface area contributed by atoms with E-state index in [4.69, 9.17) is 16.9 Å². The number of anilines is 4. The van der Waals surface area contributed by atoms with Crippen LogP contribution in [0.25, 0.3) is 44.3 Å². The zero-order valence-electron chi connectivity index (χ0n) is 64.3. The number of nitrogens with two attached hydrogens (primary N) is 1. The number of carbonyl (C=O) groups excluding carboxylic acids is 13. The molecule has 33 nitrogen and oxygen atoms in total. The van der Waals surface area contributed by atoms with E-state index in [0.717, 1.165) is 62.5 Å². The van der Waals surface area contributed by atoms with Crippen molar-refractivity contribution in [3.63, 3.8) is 0 Å². The summed E-state index contributed by atoms with van der Waals surface area (Å²) in [7, 11) is 2.15. The van der Waals surface area contributed by atoms with Gasteiger partial charge in [-0.1, -0.05) is 79.6 Å². The fourth-order valence-electron chi connectivity index (χ4n) is 13.3. The molecule has 9 amide bonds. The molecule has 14 rings (SSSR count). The predicted octanol–water partition coefficient (Wildman–Crippen LogP) is 9.65. The highest BCUT2D eigenvalue weighted by molar-refractivity contribution is 6.25. The van der Waals surface area contributed by atoms with Crippen molar-refractivity contribution in [3.05, 3.63) is 209 Å². The van der Waals surface area contributed by atoms with Crippen LogP contribution in [0.2, 0.25) is 0 Å². The van der Waals surface area contributed by atoms with Crippen molar-refractivity contribution >= 4 is 128 Å². The molecule has 9 N–H and O–H groups in total. The van der Waals surface area contributed by atoms with E-state index < -0.39 is 91.9 Å². The van der Waals surface area contributed by atoms with Crippen LogP contribution in [0.1, 0.15) is 156 Å². The number of pyridine rings is 2. The van der Waals surface area contributed by atoms with Gasteiger partial charge in [0.1, 0.15) is 24.4 Å². The van der Waals surface area contributed by atoms with Crippen LogP contribution in [0.3, 0.4) is 0 Å². The van der Waals surface area contributed by atoms with Gasteiger partial charge in [0.25, 0.3) is 41.4 Å². The summed E-state index contributed by atoms with van der Waals surface area (Å²) >= 11 is 0. The summed E-state index contributed by atoms with van der Waals surface area (Å²) in [6, 6.07) is 40.6. The fraction of sp³-hybridized carbons (Fsp3) is 0.253. The Balaban J connectivity index is 0.000000189. The number of alkyl halides is 1. The van der Waals surface area contributed by atoms with Gasteiger partial charge in [-0.15, -0.1) is 0 Å². The number of ether oxygens (including phenoxy) is 3. The van der Waals surface area contributed by atoms with Crippen LogP contribution in [0, 0.1) is 0 Å². The average molecular weight is 1600 g/mol. The lowest BCUT2D eigenvalue weighted by Gasteiger charge is -2.27. The van der Waals surface area contributed by atoms with E-state index >= 15 is 0 Å². The lowest BCUT2D eigenvalue weighted by Crippen LogP contribution is -2.54. The van der Waals surface area contributed by atoms with E-state index in [0.29, 0.717) is 83.6 Å². The zero-order valence-corrected chi connectivity index (χ0v) is 63.3. The minimum atomic E-state index is -1.52. The third-order valence-electron chi connectivity index (χ3n) is 19.1. The monoisotopic (exact) mass is 1590 g/mol. The minimum absolute atomic E-state index is 0.0000684. The van der Waals surface area contributed by atoms with Crippen molar-refractivity contribution in [1.82, 2.24) is 60.6 Å². The van der Waals surface area contributed by atoms with Crippen LogP contribution in [-0.2, 0) is 40.1 Å². The Hall–Kier alpha value is -14.6. The van der Waals surface area contributed by atoms with Gasteiger partial charge < -0.3 is 51.6 Å². The second-order valence-corrected chi connectivity index (χ2v) is 26.7. The molecule has 117 heavy (non-hydrogen) atoms. The van der Waals surface area contributed by atoms with Gasteiger partial charge in [0.2, 0.25) is 23.6 Å². The molecule has 8 heterocycles. The maximum atomic E-state index is 13.2. The van der Waals surface area contributed by atoms with E-state index in [2.05, 4.69) is 61.5 Å². The number of piperidine rings is 1. The highest BCUT2D eigenvalue weighted by atomic mass is 19.1. The van der Waals surface area contributed by atoms with Crippen molar-refractivity contribution in [2.45, 2.75) is 95.7 Å². The fourth-order valence-corrected chi connectivity index (χ4v) is 13.3. The van der Waals surface area contributed by atoms with Crippen LogP contribution < -0.4 is 42.4 Å². The number of para-hydroxylation sites is 2. The highest BCUT2D eigenvalue weighted by Crippen LogP contribution is 2.38. The Bertz CT molecular complexity index is 5550. The third kappa shape index (κ3) is 19.6. The number of carboxylic acid groups (broad SMARTS) is 1. The quantitative estimate of drug-likeness (QED) is 0.0108. The molecule has 34 heteroatoms. The lowest BCUT2D eigenvalue weighted by molar-refractivity contribution is -0.167. The average Bonchev–Trinajstić information content (AvgIpc) is 1.35. The van der Waals surface area contributed by atoms with Crippen molar-refractivity contribution in [3.8, 4) is 28.3 Å². The van der Waals surface area contributed by atoms with E-state index in [1.807, 2.05) is 103 Å². The first-order chi connectivity index (χ1) is 57.0. The van der Waals surface area contributed by atoms with E-state index in [1.165, 1.54) is 52.0 Å². The largest absolute Gasteiger partial charge is 0.506 e. The van der Waals surface area contributed by atoms with E-state index in [-0.39, 0.29) is 89.3 Å². The number of amides is 9. The highest BCUT2D eigenvalue weighted by Gasteiger charge is 2.48. The molecule has 602 valence electrons. The number of aromatic nitrogens is 6. The smallest absolute Gasteiger partial charge is 0.483 e. The Kier molecular flexibility index (Phi) is 27.1. The van der Waals surface area contributed by atoms with Gasteiger partial charge in [0.05, 0.1) is 75.7 Å². The molecular weight excluding hydrogens is 1510 g/mol. The number of imide groups is 3. The molecule has 2 saturated heterocycles. The van der Waals surface area contributed by atoms with Crippen LogP contribution in [0.5, 0.6) is 5.75 Å². The molecule has 10 aromatic rings. The summed E-state index contributed by atoms with van der Waals surface area (Å²) in [5.74, 6) is -6.82. The number of benzene rings is 6. The van der Waals surface area contributed by atoms with Crippen molar-refractivity contribution in [1.29, 1.82) is 0 Å². The second-order valence-electron chi connectivity index (χ2n) is 26.7. The summed E-state index contributed by atoms with van der Waals surface area (Å²) in [4.78, 5) is 183. The van der Waals surface area contributed by atoms with Crippen LogP contribution in [0.4, 0.5) is 31.9 Å². The summed E-state index contributed by atoms with van der Waals surface area (Å²) < 4.78 is 32.8. The molecule has 4 aliphatic rings. The Morgan fingerprint density at radius 2 is 1.12 bits per heavy atom. The van der Waals surface area contributed by atoms with E-state index in [9.17, 15) is 71.5 Å². The molecular formula is C83H80FN15O18. The van der Waals surface area contributed by atoms with Gasteiger partial charge in [0.15, 0.2) is 6.61 Å². The number of hydrogen-bond acceptors (Lipinski definition) is 24. The SMILES string of the molecule is CNC(=O)c1cnc2ccc(-c3ccn(C(=O)CCCCCN)n3)cc2c1Nc1ccccc1.CNC(=O)c1cnc2ccc(-c3ccn(C(=O)CCCCCNC(=O)COc4cccc5c4C(=O)N(C4CCC(=O)NC4=O)C5=O)n3)cc2c1Nc1ccccc1.O=C(O)OCc1cccc2c1C(=O)N(C1CCC(=O)OC1=O)C2=O.[2H]CF. The number of halogens is 1. The van der Waals surface area contributed by atoms with Crippen LogP contribution >= 0.6 is 0 Å². The number of nitrogens with zero attached hydrogens (tertiary/aromatic N) is 8. The predicted molar refractivity (Wildman–Crippen MR) is 422 cm³/mol. The van der Waals surface area contributed by atoms with Gasteiger partial charge in [-0.2, -0.15) is 10.2 Å². The van der Waals surface area contributed by atoms with Gasteiger partial charge in [-0.3, -0.25) is 87.0 Å². The molecule has 4 aromatic heterocycles. The maximum absolute atomic E-state index is 13.2. The minimum Gasteiger partial charge on any atom is -0.483 e. The topological polar surface area (TPSA) is 453 Å². The Morgan fingerprint density at radius 3 is 1.64 bits per heavy atom. The summed E-state index contributed by atoms with van der Waals surface area (Å²) in [5.41, 5.74) is 13.8. The Labute approximate surface area is 668 Å². The molecule has 2 atom stereocenters. The molecule has 2 unspecified atom stereocenters. The number of cyclic esters (lactones) is 2. The number of hydrogen-bond donors (Lipinski definition) is 8. The molecule has 0 aliphatic carbocycles. The van der Waals surface area contributed by atoms with Gasteiger partial charge in [0, 0.05) is 110 Å². The van der Waals surface area contributed by atoms with Gasteiger partial charge in [-0.25, -0.2) is 19.0 Å². The Morgan fingerprint density at radius 1 is 0.607 bits per heavy atom. The van der Waals surface area contributed by atoms with Crippen molar-refractivity contribution in [2.24, 2.45) is 5.73 Å². The standard InChI is InChI=1S/C41H38N8O8.C26H28N6O2.C15H11NO8.CH3F/c1-42-38(53)28-22-44-30-15-14-24(21-27(30)37(28)45-25-9-4-2-5-10-25)29-18-20-48(47-29)35(52)13-6-3-7-19-43-34(51)23-57-32-12-8-11-26-36(32)41(56)49(40(26)55)31-16-17-33(50)46-39(31)54;1-28-26(34)21-17-29-23-12-11-18(16-20(23)25(21)30-19-8-4-2-5-9-19)22-13-15-32(31-22)24(33)10-6-3-7-14-27;17-10-5-4-9(14(20)24-10)16-12(18)8-3-1-2-7(6-23-15(21)22)11(8)13(16)19;1-2/h2,4-5,8-12,14-15,18,20-22,31H,3,6-7,13,16-17,19,23H2,1H3,(H,42,53)(H,43,51)(H,44,45)(H,46,50,54);2,4-5,8-9,11-13,15-17H,3,6-7,10,14,27H2,1H3,(H,28,34)(H,29,30);1-3,9H,4-6H2,(H,21,22);1H3/i;;;1D. The number of unbranched alkanes of at least 4 members (excludes halogenated alkanes) is 4. The first-order valence-electron chi connectivity index (χ1n) is 37.8. The zero-order chi connectivity index (χ0) is 84.1. The molecule has 0 bridgehead atoms. The van der Waals surface area contributed by atoms with Crippen molar-refractivity contribution < 1.29 is 92.2 Å². The van der Waals surface area contributed by atoms with Crippen LogP contribution in [0.15, 0.2) is 170 Å². The van der Waals surface area contributed by atoms with Gasteiger partial charge >= 0.3 is 18.1 Å². The normalized spacial score (nSPS) is 14.7. The third-order valence-corrected chi connectivity index (χ3v) is 19.1. The number of rotatable bonds is 26. The van der Waals surface area contributed by atoms with E-state index in [1.54, 1.807) is 38.8 Å². The molecule has 0 radical (unpaired) electrons. The lowest BCUT2D eigenvalue weighted by atomic mass is 10.0. The van der Waals surface area contributed by atoms with Gasteiger partial charge in [-0.05, 0) is 124 Å². The molecule has 4 aliphatic heterocycles.